The lowest BCUT2D eigenvalue weighted by atomic mass is 9.83. The average Bonchev–Trinajstić information content (AvgIpc) is 2.67. The first-order valence-electron chi connectivity index (χ1n) is 8.80. The summed E-state index contributed by atoms with van der Waals surface area (Å²) in [6.45, 7) is 2.05. The summed E-state index contributed by atoms with van der Waals surface area (Å²) in [4.78, 5) is 15.9. The van der Waals surface area contributed by atoms with Gasteiger partial charge in [-0.05, 0) is 66.4 Å². The molecule has 138 valence electrons. The third-order valence-corrected chi connectivity index (χ3v) is 5.47. The van der Waals surface area contributed by atoms with Crippen LogP contribution in [0.3, 0.4) is 0 Å². The summed E-state index contributed by atoms with van der Waals surface area (Å²) in [5.74, 6) is 0.0572. The molecular weight excluding hydrogens is 424 g/mol. The Labute approximate surface area is 172 Å². The van der Waals surface area contributed by atoms with Crippen LogP contribution in [-0.2, 0) is 6.42 Å². The molecule has 0 saturated carbocycles. The van der Waals surface area contributed by atoms with Gasteiger partial charge in [0.1, 0.15) is 0 Å². The standard InChI is InChI=1S/C22H20BrClN2O/c1-15-12-18(24)9-10-21(15)22(16-5-7-17(23)8-6-16)14-20(26-27)13-19-4-2-3-11-25-19/h2-12,20,22H,13-14H2,1H3. The van der Waals surface area contributed by atoms with E-state index in [9.17, 15) is 4.91 Å². The number of hydrogen-bond acceptors (Lipinski definition) is 3. The van der Waals surface area contributed by atoms with E-state index in [2.05, 4.69) is 45.1 Å². The lowest BCUT2D eigenvalue weighted by Crippen LogP contribution is -2.16. The third kappa shape index (κ3) is 5.24. The van der Waals surface area contributed by atoms with Crippen LogP contribution >= 0.6 is 27.5 Å². The summed E-state index contributed by atoms with van der Waals surface area (Å²) >= 11 is 9.64. The predicted molar refractivity (Wildman–Crippen MR) is 114 cm³/mol. The zero-order valence-corrected chi connectivity index (χ0v) is 17.3. The molecule has 3 nitrogen and oxygen atoms in total. The second kappa shape index (κ2) is 9.25. The highest BCUT2D eigenvalue weighted by atomic mass is 79.9. The Morgan fingerprint density at radius 2 is 1.89 bits per heavy atom. The summed E-state index contributed by atoms with van der Waals surface area (Å²) < 4.78 is 1.02. The first-order valence-corrected chi connectivity index (χ1v) is 9.98. The van der Waals surface area contributed by atoms with Crippen LogP contribution in [0.4, 0.5) is 0 Å². The molecule has 0 radical (unpaired) electrons. The van der Waals surface area contributed by atoms with E-state index in [0.717, 1.165) is 26.9 Å². The third-order valence-electron chi connectivity index (χ3n) is 4.71. The highest BCUT2D eigenvalue weighted by molar-refractivity contribution is 9.10. The average molecular weight is 444 g/mol. The van der Waals surface area contributed by atoms with Crippen LogP contribution in [0, 0.1) is 11.8 Å². The van der Waals surface area contributed by atoms with Crippen LogP contribution in [-0.4, -0.2) is 11.0 Å². The van der Waals surface area contributed by atoms with Gasteiger partial charge in [-0.2, -0.15) is 4.91 Å². The lowest BCUT2D eigenvalue weighted by molar-refractivity contribution is 0.559. The van der Waals surface area contributed by atoms with Crippen LogP contribution in [0.1, 0.15) is 34.7 Å². The zero-order chi connectivity index (χ0) is 19.2. The maximum Gasteiger partial charge on any atom is 0.0984 e. The Balaban J connectivity index is 1.93. The van der Waals surface area contributed by atoms with E-state index in [-0.39, 0.29) is 12.0 Å². The molecule has 5 heteroatoms. The normalized spacial score (nSPS) is 13.1. The molecule has 0 saturated heterocycles. The van der Waals surface area contributed by atoms with Gasteiger partial charge in [0.2, 0.25) is 0 Å². The SMILES string of the molecule is Cc1cc(Cl)ccc1C(CC(Cc1ccccn1)N=O)c1ccc(Br)cc1. The van der Waals surface area contributed by atoms with E-state index in [1.54, 1.807) is 6.20 Å². The van der Waals surface area contributed by atoms with Gasteiger partial charge in [0.15, 0.2) is 0 Å². The van der Waals surface area contributed by atoms with Crippen LogP contribution in [0.25, 0.3) is 0 Å². The summed E-state index contributed by atoms with van der Waals surface area (Å²) in [5.41, 5.74) is 4.30. The summed E-state index contributed by atoms with van der Waals surface area (Å²) in [6, 6.07) is 19.5. The number of benzene rings is 2. The number of nitroso groups, excluding NO2 is 1. The molecule has 1 aromatic heterocycles. The van der Waals surface area contributed by atoms with E-state index in [4.69, 9.17) is 11.6 Å². The van der Waals surface area contributed by atoms with Gasteiger partial charge >= 0.3 is 0 Å². The van der Waals surface area contributed by atoms with Gasteiger partial charge in [-0.25, -0.2) is 0 Å². The number of pyridine rings is 1. The topological polar surface area (TPSA) is 42.3 Å². The van der Waals surface area contributed by atoms with Crippen molar-refractivity contribution in [3.63, 3.8) is 0 Å². The fourth-order valence-corrected chi connectivity index (χ4v) is 3.85. The minimum Gasteiger partial charge on any atom is -0.261 e. The van der Waals surface area contributed by atoms with Crippen LogP contribution in [0.15, 0.2) is 76.5 Å². The molecule has 27 heavy (non-hydrogen) atoms. The van der Waals surface area contributed by atoms with Gasteiger partial charge in [0.05, 0.1) is 6.04 Å². The molecule has 0 bridgehead atoms. The smallest absolute Gasteiger partial charge is 0.0984 e. The van der Waals surface area contributed by atoms with Gasteiger partial charge in [-0.15, -0.1) is 0 Å². The van der Waals surface area contributed by atoms with Crippen molar-refractivity contribution in [3.05, 3.63) is 104 Å². The molecule has 0 aliphatic rings. The molecule has 2 aromatic carbocycles. The summed E-state index contributed by atoms with van der Waals surface area (Å²) in [5, 5.41) is 4.13. The van der Waals surface area contributed by atoms with E-state index in [0.29, 0.717) is 17.9 Å². The lowest BCUT2D eigenvalue weighted by Gasteiger charge is -2.23. The van der Waals surface area contributed by atoms with Crippen LogP contribution in [0.5, 0.6) is 0 Å². The van der Waals surface area contributed by atoms with E-state index in [1.807, 2.05) is 48.5 Å². The molecule has 0 aliphatic carbocycles. The minimum absolute atomic E-state index is 0.0572. The maximum atomic E-state index is 11.6. The number of rotatable bonds is 7. The molecule has 0 aliphatic heterocycles. The molecule has 0 N–H and O–H groups in total. The molecular formula is C22H20BrClN2O. The van der Waals surface area contributed by atoms with Crippen molar-refractivity contribution in [2.45, 2.75) is 31.7 Å². The Kier molecular flexibility index (Phi) is 6.75. The van der Waals surface area contributed by atoms with Crippen molar-refractivity contribution in [3.8, 4) is 0 Å². The Bertz CT molecular complexity index is 900. The number of aromatic nitrogens is 1. The summed E-state index contributed by atoms with van der Waals surface area (Å²) in [6.07, 6.45) is 2.89. The van der Waals surface area contributed by atoms with Gasteiger partial charge in [-0.1, -0.05) is 57.0 Å². The molecule has 0 spiro atoms. The second-order valence-corrected chi connectivity index (χ2v) is 7.98. The van der Waals surface area contributed by atoms with Gasteiger partial charge in [0.25, 0.3) is 0 Å². The first-order chi connectivity index (χ1) is 13.1. The molecule has 0 amide bonds. The molecule has 2 unspecified atom stereocenters. The number of halogens is 2. The number of aryl methyl sites for hydroxylation is 1. The van der Waals surface area contributed by atoms with Crippen molar-refractivity contribution in [1.29, 1.82) is 0 Å². The summed E-state index contributed by atoms with van der Waals surface area (Å²) in [7, 11) is 0. The monoisotopic (exact) mass is 442 g/mol. The fourth-order valence-electron chi connectivity index (χ4n) is 3.36. The van der Waals surface area contributed by atoms with Crippen molar-refractivity contribution >= 4 is 27.5 Å². The zero-order valence-electron chi connectivity index (χ0n) is 15.0. The van der Waals surface area contributed by atoms with Gasteiger partial charge < -0.3 is 0 Å². The van der Waals surface area contributed by atoms with Crippen molar-refractivity contribution in [2.24, 2.45) is 5.18 Å². The molecule has 3 rings (SSSR count). The molecule has 3 aromatic rings. The number of nitrogens with zero attached hydrogens (tertiary/aromatic N) is 2. The van der Waals surface area contributed by atoms with Gasteiger partial charge in [-0.3, -0.25) is 4.98 Å². The minimum atomic E-state index is -0.358. The quantitative estimate of drug-likeness (QED) is 0.381. The number of hydrogen-bond donors (Lipinski definition) is 0. The maximum absolute atomic E-state index is 11.6. The van der Waals surface area contributed by atoms with E-state index in [1.165, 1.54) is 0 Å². The Morgan fingerprint density at radius 3 is 2.52 bits per heavy atom. The Morgan fingerprint density at radius 1 is 1.11 bits per heavy atom. The second-order valence-electron chi connectivity index (χ2n) is 6.63. The molecule has 2 atom stereocenters. The molecule has 0 fully saturated rings. The van der Waals surface area contributed by atoms with Crippen molar-refractivity contribution < 1.29 is 0 Å². The highest BCUT2D eigenvalue weighted by Gasteiger charge is 2.23. The van der Waals surface area contributed by atoms with Crippen molar-refractivity contribution in [1.82, 2.24) is 4.98 Å². The fraction of sp³-hybridized carbons (Fsp3) is 0.227. The highest BCUT2D eigenvalue weighted by Crippen LogP contribution is 2.34. The Hall–Kier alpha value is -2.04. The van der Waals surface area contributed by atoms with Crippen LogP contribution < -0.4 is 0 Å². The predicted octanol–water partition coefficient (Wildman–Crippen LogP) is 6.71. The first kappa shape index (κ1) is 19.7. The van der Waals surface area contributed by atoms with Crippen molar-refractivity contribution in [2.75, 3.05) is 0 Å². The molecule has 1 heterocycles. The largest absolute Gasteiger partial charge is 0.261 e. The van der Waals surface area contributed by atoms with Gasteiger partial charge in [0, 0.05) is 33.7 Å². The van der Waals surface area contributed by atoms with E-state index >= 15 is 0 Å². The van der Waals surface area contributed by atoms with Crippen LogP contribution in [0.2, 0.25) is 5.02 Å². The van der Waals surface area contributed by atoms with E-state index < -0.39 is 0 Å².